The van der Waals surface area contributed by atoms with Gasteiger partial charge in [0.2, 0.25) is 5.95 Å². The third-order valence-electron chi connectivity index (χ3n) is 4.43. The minimum Gasteiger partial charge on any atom is -0.368 e. The maximum absolute atomic E-state index is 13.1. The van der Waals surface area contributed by atoms with Crippen LogP contribution >= 0.6 is 0 Å². The highest BCUT2D eigenvalue weighted by Gasteiger charge is 2.30. The molecule has 0 unspecified atom stereocenters. The van der Waals surface area contributed by atoms with Crippen molar-refractivity contribution in [1.29, 1.82) is 0 Å². The predicted molar refractivity (Wildman–Crippen MR) is 96.9 cm³/mol. The minimum atomic E-state index is -0.0885. The lowest BCUT2D eigenvalue weighted by atomic mass is 9.98. The molecular formula is C19H25N5O. The average Bonchev–Trinajstić information content (AvgIpc) is 2.61. The van der Waals surface area contributed by atoms with Crippen molar-refractivity contribution in [3.05, 3.63) is 47.5 Å². The Hall–Kier alpha value is -2.50. The molecule has 0 spiro atoms. The van der Waals surface area contributed by atoms with Crippen molar-refractivity contribution in [3.8, 4) is 0 Å². The highest BCUT2D eigenvalue weighted by molar-refractivity contribution is 5.93. The molecule has 0 aliphatic carbocycles. The number of nitrogens with two attached hydrogens (primary N) is 1. The zero-order chi connectivity index (χ0) is 17.8. The van der Waals surface area contributed by atoms with Crippen LogP contribution in [0.4, 0.5) is 5.95 Å². The monoisotopic (exact) mass is 339 g/mol. The molecule has 6 heteroatoms. The number of carbonyl (C=O) groups is 1. The topological polar surface area (TPSA) is 85.0 Å². The fourth-order valence-electron chi connectivity index (χ4n) is 3.35. The number of carbonyl (C=O) groups excluding carboxylic acids is 1. The van der Waals surface area contributed by atoms with Crippen molar-refractivity contribution in [2.45, 2.75) is 45.6 Å². The number of pyridine rings is 1. The maximum Gasteiger partial charge on any atom is 0.273 e. The SMILES string of the molecule is CC(C)Cc1cc(C(=O)N2CCCC[C@@H]2c2ccccn2)nc(N)n1. The van der Waals surface area contributed by atoms with Gasteiger partial charge in [0.05, 0.1) is 11.7 Å². The lowest BCUT2D eigenvalue weighted by Crippen LogP contribution is -2.39. The molecular weight excluding hydrogens is 314 g/mol. The first-order chi connectivity index (χ1) is 12.0. The number of likely N-dealkylation sites (tertiary alicyclic amines) is 1. The zero-order valence-electron chi connectivity index (χ0n) is 14.9. The van der Waals surface area contributed by atoms with Crippen LogP contribution in [0.25, 0.3) is 0 Å². The van der Waals surface area contributed by atoms with Gasteiger partial charge in [-0.15, -0.1) is 0 Å². The van der Waals surface area contributed by atoms with Crippen molar-refractivity contribution in [2.24, 2.45) is 5.92 Å². The third-order valence-corrected chi connectivity index (χ3v) is 4.43. The van der Waals surface area contributed by atoms with E-state index in [9.17, 15) is 4.79 Å². The Labute approximate surface area is 148 Å². The van der Waals surface area contributed by atoms with Crippen LogP contribution in [0.15, 0.2) is 30.5 Å². The van der Waals surface area contributed by atoms with E-state index in [1.54, 1.807) is 12.3 Å². The fraction of sp³-hybridized carbons (Fsp3) is 0.474. The number of rotatable bonds is 4. The Morgan fingerprint density at radius 2 is 2.16 bits per heavy atom. The van der Waals surface area contributed by atoms with Gasteiger partial charge in [-0.05, 0) is 49.8 Å². The molecule has 25 heavy (non-hydrogen) atoms. The Bertz CT molecular complexity index is 732. The van der Waals surface area contributed by atoms with Crippen molar-refractivity contribution in [2.75, 3.05) is 12.3 Å². The molecule has 1 amide bonds. The van der Waals surface area contributed by atoms with Gasteiger partial charge >= 0.3 is 0 Å². The molecule has 2 aromatic heterocycles. The Morgan fingerprint density at radius 3 is 2.88 bits per heavy atom. The normalized spacial score (nSPS) is 17.7. The van der Waals surface area contributed by atoms with E-state index >= 15 is 0 Å². The van der Waals surface area contributed by atoms with Crippen molar-refractivity contribution in [1.82, 2.24) is 19.9 Å². The second-order valence-electron chi connectivity index (χ2n) is 6.97. The Kier molecular flexibility index (Phi) is 5.26. The quantitative estimate of drug-likeness (QED) is 0.925. The molecule has 0 saturated carbocycles. The van der Waals surface area contributed by atoms with Crippen LogP contribution < -0.4 is 5.73 Å². The van der Waals surface area contributed by atoms with E-state index in [1.807, 2.05) is 23.1 Å². The first-order valence-corrected chi connectivity index (χ1v) is 8.90. The molecule has 1 aliphatic rings. The van der Waals surface area contributed by atoms with Crippen LogP contribution in [0.3, 0.4) is 0 Å². The summed E-state index contributed by atoms with van der Waals surface area (Å²) in [5.74, 6) is 0.510. The zero-order valence-corrected chi connectivity index (χ0v) is 14.9. The first-order valence-electron chi connectivity index (χ1n) is 8.90. The highest BCUT2D eigenvalue weighted by Crippen LogP contribution is 2.30. The average molecular weight is 339 g/mol. The molecule has 0 radical (unpaired) electrons. The summed E-state index contributed by atoms with van der Waals surface area (Å²) in [6.07, 6.45) is 5.55. The lowest BCUT2D eigenvalue weighted by molar-refractivity contribution is 0.0599. The summed E-state index contributed by atoms with van der Waals surface area (Å²) >= 11 is 0. The summed E-state index contributed by atoms with van der Waals surface area (Å²) in [7, 11) is 0. The number of piperidine rings is 1. The van der Waals surface area contributed by atoms with Crippen LogP contribution in [0.1, 0.15) is 61.0 Å². The highest BCUT2D eigenvalue weighted by atomic mass is 16.2. The smallest absolute Gasteiger partial charge is 0.273 e. The molecule has 1 saturated heterocycles. The number of amides is 1. The molecule has 0 bridgehead atoms. The number of nitrogens with zero attached hydrogens (tertiary/aromatic N) is 4. The van der Waals surface area contributed by atoms with E-state index in [1.165, 1.54) is 0 Å². The van der Waals surface area contributed by atoms with Gasteiger partial charge in [-0.1, -0.05) is 19.9 Å². The molecule has 3 heterocycles. The summed E-state index contributed by atoms with van der Waals surface area (Å²) in [4.78, 5) is 27.9. The van der Waals surface area contributed by atoms with E-state index in [0.717, 1.165) is 37.1 Å². The molecule has 2 aromatic rings. The number of hydrogen-bond donors (Lipinski definition) is 1. The Balaban J connectivity index is 1.89. The van der Waals surface area contributed by atoms with Gasteiger partial charge in [-0.3, -0.25) is 9.78 Å². The molecule has 0 aromatic carbocycles. The number of hydrogen-bond acceptors (Lipinski definition) is 5. The van der Waals surface area contributed by atoms with Crippen LogP contribution in [0.2, 0.25) is 0 Å². The van der Waals surface area contributed by atoms with Crippen molar-refractivity contribution < 1.29 is 4.79 Å². The molecule has 2 N–H and O–H groups in total. The molecule has 6 nitrogen and oxygen atoms in total. The summed E-state index contributed by atoms with van der Waals surface area (Å²) in [6, 6.07) is 7.61. The summed E-state index contributed by atoms with van der Waals surface area (Å²) in [5, 5.41) is 0. The number of aromatic nitrogens is 3. The van der Waals surface area contributed by atoms with E-state index in [2.05, 4.69) is 28.8 Å². The van der Waals surface area contributed by atoms with Gasteiger partial charge in [-0.25, -0.2) is 9.97 Å². The van der Waals surface area contributed by atoms with E-state index < -0.39 is 0 Å². The van der Waals surface area contributed by atoms with Gasteiger partial charge < -0.3 is 10.6 Å². The van der Waals surface area contributed by atoms with E-state index in [4.69, 9.17) is 5.73 Å². The van der Waals surface area contributed by atoms with E-state index in [-0.39, 0.29) is 17.9 Å². The third kappa shape index (κ3) is 4.13. The van der Waals surface area contributed by atoms with E-state index in [0.29, 0.717) is 18.2 Å². The fourth-order valence-corrected chi connectivity index (χ4v) is 3.35. The van der Waals surface area contributed by atoms with Crippen LogP contribution in [-0.2, 0) is 6.42 Å². The molecule has 3 rings (SSSR count). The first kappa shape index (κ1) is 17.3. The summed E-state index contributed by atoms with van der Waals surface area (Å²) < 4.78 is 0. The van der Waals surface area contributed by atoms with Gasteiger partial charge in [0.15, 0.2) is 0 Å². The minimum absolute atomic E-state index is 0.00723. The predicted octanol–water partition coefficient (Wildman–Crippen LogP) is 3.02. The largest absolute Gasteiger partial charge is 0.368 e. The number of anilines is 1. The molecule has 132 valence electrons. The van der Waals surface area contributed by atoms with Gasteiger partial charge in [0.25, 0.3) is 5.91 Å². The maximum atomic E-state index is 13.1. The van der Waals surface area contributed by atoms with Crippen molar-refractivity contribution in [3.63, 3.8) is 0 Å². The van der Waals surface area contributed by atoms with Gasteiger partial charge in [0, 0.05) is 18.4 Å². The molecule has 1 atom stereocenters. The Morgan fingerprint density at radius 1 is 1.32 bits per heavy atom. The van der Waals surface area contributed by atoms with Gasteiger partial charge in [-0.2, -0.15) is 0 Å². The second-order valence-corrected chi connectivity index (χ2v) is 6.97. The standard InChI is InChI=1S/C19H25N5O/c1-13(2)11-14-12-16(23-19(20)22-14)18(25)24-10-6-4-8-17(24)15-7-3-5-9-21-15/h3,5,7,9,12-13,17H,4,6,8,10-11H2,1-2H3,(H2,20,22,23)/t17-/m1/s1. The van der Waals surface area contributed by atoms with Gasteiger partial charge in [0.1, 0.15) is 5.69 Å². The summed E-state index contributed by atoms with van der Waals surface area (Å²) in [6.45, 7) is 4.94. The second kappa shape index (κ2) is 7.59. The van der Waals surface area contributed by atoms with Crippen LogP contribution in [0, 0.1) is 5.92 Å². The molecule has 1 fully saturated rings. The van der Waals surface area contributed by atoms with Crippen LogP contribution in [-0.4, -0.2) is 32.3 Å². The number of nitrogen functional groups attached to an aromatic ring is 1. The van der Waals surface area contributed by atoms with Crippen molar-refractivity contribution >= 4 is 11.9 Å². The lowest BCUT2D eigenvalue weighted by Gasteiger charge is -2.35. The molecule has 1 aliphatic heterocycles. The van der Waals surface area contributed by atoms with Crippen LogP contribution in [0.5, 0.6) is 0 Å². The summed E-state index contributed by atoms with van der Waals surface area (Å²) in [5.41, 5.74) is 7.97.